The van der Waals surface area contributed by atoms with Gasteiger partial charge in [0.2, 0.25) is 0 Å². The highest BCUT2D eigenvalue weighted by molar-refractivity contribution is 6.34. The van der Waals surface area contributed by atoms with Crippen LogP contribution in [0, 0.1) is 23.7 Å². The Morgan fingerprint density at radius 1 is 1.24 bits per heavy atom. The number of esters is 1. The summed E-state index contributed by atoms with van der Waals surface area (Å²) >= 11 is 12.2. The van der Waals surface area contributed by atoms with E-state index >= 15 is 0 Å². The van der Waals surface area contributed by atoms with Crippen molar-refractivity contribution in [3.63, 3.8) is 0 Å². The molecular weight excluding hydrogens is 411 g/mol. The van der Waals surface area contributed by atoms with Gasteiger partial charge in [-0.1, -0.05) is 42.3 Å². The molecule has 5 atom stereocenters. The number of allylic oxidation sites excluding steroid dienone is 2. The van der Waals surface area contributed by atoms with E-state index in [9.17, 15) is 14.7 Å². The van der Waals surface area contributed by atoms with Crippen LogP contribution in [-0.4, -0.2) is 24.0 Å². The third kappa shape index (κ3) is 4.16. The number of aliphatic hydroxyl groups is 1. The maximum absolute atomic E-state index is 13.2. The van der Waals surface area contributed by atoms with Crippen LogP contribution in [0.3, 0.4) is 0 Å². The molecule has 0 heterocycles. The predicted molar refractivity (Wildman–Crippen MR) is 114 cm³/mol. The number of fused-ring (bicyclic) bond motifs is 1. The van der Waals surface area contributed by atoms with Gasteiger partial charge in [0, 0.05) is 15.6 Å². The average molecular weight is 437 g/mol. The van der Waals surface area contributed by atoms with Crippen LogP contribution in [0.15, 0.2) is 41.5 Å². The highest BCUT2D eigenvalue weighted by Crippen LogP contribution is 2.51. The first-order valence-corrected chi connectivity index (χ1v) is 10.6. The largest absolute Gasteiger partial charge is 0.466 e. The first kappa shape index (κ1) is 22.1. The molecule has 1 saturated carbocycles. The second-order valence-corrected chi connectivity index (χ2v) is 9.06. The van der Waals surface area contributed by atoms with Gasteiger partial charge in [-0.2, -0.15) is 0 Å². The Labute approximate surface area is 181 Å². The van der Waals surface area contributed by atoms with Crippen LogP contribution in [-0.2, 0) is 14.3 Å². The van der Waals surface area contributed by atoms with E-state index in [1.165, 1.54) is 7.11 Å². The number of methoxy groups -OCH3 is 1. The summed E-state index contributed by atoms with van der Waals surface area (Å²) in [6, 6.07) is 4.91. The van der Waals surface area contributed by atoms with Crippen molar-refractivity contribution in [2.45, 2.75) is 39.2 Å². The quantitative estimate of drug-likeness (QED) is 0.511. The van der Waals surface area contributed by atoms with E-state index in [-0.39, 0.29) is 23.5 Å². The van der Waals surface area contributed by atoms with Gasteiger partial charge in [-0.25, -0.2) is 4.79 Å². The summed E-state index contributed by atoms with van der Waals surface area (Å²) in [6.45, 7) is 7.85. The van der Waals surface area contributed by atoms with Crippen LogP contribution in [0.5, 0.6) is 0 Å². The normalized spacial score (nSPS) is 28.0. The summed E-state index contributed by atoms with van der Waals surface area (Å²) in [5.41, 5.74) is 2.69. The van der Waals surface area contributed by atoms with E-state index in [2.05, 4.69) is 13.5 Å². The minimum absolute atomic E-state index is 0.0511. The van der Waals surface area contributed by atoms with Crippen molar-refractivity contribution < 1.29 is 19.4 Å². The minimum Gasteiger partial charge on any atom is -0.466 e. The van der Waals surface area contributed by atoms with Gasteiger partial charge in [0.15, 0.2) is 5.78 Å². The minimum atomic E-state index is -1.00. The molecule has 1 aromatic rings. The molecule has 29 heavy (non-hydrogen) atoms. The number of aliphatic hydroxyl groups excluding tert-OH is 1. The highest BCUT2D eigenvalue weighted by Gasteiger charge is 2.48. The Balaban J connectivity index is 1.95. The van der Waals surface area contributed by atoms with Crippen LogP contribution in [0.4, 0.5) is 0 Å². The zero-order valence-corrected chi connectivity index (χ0v) is 18.4. The number of halogens is 2. The number of benzene rings is 1. The SMILES string of the molecule is C=C(C(=O)OC)[C@@H]1CC[C@H](C)[C@H]2C(=C(C)C(=O)[C@@H]2[C@@H](O)c2cc(Cl)cc(Cl)c2)C1. The molecule has 0 unspecified atom stereocenters. The third-order valence-electron chi connectivity index (χ3n) is 6.50. The fourth-order valence-electron chi connectivity index (χ4n) is 4.92. The number of ether oxygens (including phenoxy) is 1. The summed E-state index contributed by atoms with van der Waals surface area (Å²) < 4.78 is 4.85. The lowest BCUT2D eigenvalue weighted by Crippen LogP contribution is -2.29. The van der Waals surface area contributed by atoms with E-state index in [4.69, 9.17) is 27.9 Å². The first-order valence-electron chi connectivity index (χ1n) is 9.80. The van der Waals surface area contributed by atoms with Crippen molar-refractivity contribution in [3.05, 3.63) is 57.1 Å². The number of ketones is 1. The molecule has 0 saturated heterocycles. The summed E-state index contributed by atoms with van der Waals surface area (Å²) in [7, 11) is 1.35. The van der Waals surface area contributed by atoms with Crippen molar-refractivity contribution in [1.82, 2.24) is 0 Å². The second-order valence-electron chi connectivity index (χ2n) is 8.19. The lowest BCUT2D eigenvalue weighted by Gasteiger charge is -2.29. The van der Waals surface area contributed by atoms with Gasteiger partial charge in [-0.3, -0.25) is 4.79 Å². The number of carbonyl (C=O) groups excluding carboxylic acids is 2. The average Bonchev–Trinajstić information content (AvgIpc) is 2.81. The maximum Gasteiger partial charge on any atom is 0.333 e. The fraction of sp³-hybridized carbons (Fsp3) is 0.478. The lowest BCUT2D eigenvalue weighted by atomic mass is 9.76. The summed E-state index contributed by atoms with van der Waals surface area (Å²) in [6.07, 6.45) is 1.20. The van der Waals surface area contributed by atoms with Crippen LogP contribution in [0.1, 0.15) is 44.8 Å². The monoisotopic (exact) mass is 436 g/mol. The van der Waals surface area contributed by atoms with Gasteiger partial charge in [0.25, 0.3) is 0 Å². The topological polar surface area (TPSA) is 63.6 Å². The van der Waals surface area contributed by atoms with Gasteiger partial charge in [0.1, 0.15) is 0 Å². The predicted octanol–water partition coefficient (Wildman–Crippen LogP) is 5.32. The smallest absolute Gasteiger partial charge is 0.333 e. The van der Waals surface area contributed by atoms with Crippen molar-refractivity contribution >= 4 is 35.0 Å². The first-order chi connectivity index (χ1) is 13.6. The summed E-state index contributed by atoms with van der Waals surface area (Å²) in [5, 5.41) is 12.0. The maximum atomic E-state index is 13.2. The van der Waals surface area contributed by atoms with Crippen LogP contribution < -0.4 is 0 Å². The number of carbonyl (C=O) groups is 2. The van der Waals surface area contributed by atoms with Crippen LogP contribution in [0.2, 0.25) is 10.0 Å². The van der Waals surface area contributed by atoms with E-state index in [0.29, 0.717) is 33.2 Å². The molecule has 0 radical (unpaired) electrons. The molecule has 156 valence electrons. The Hall–Kier alpha value is -1.62. The molecule has 0 aromatic heterocycles. The number of Topliss-reactive ketones (excluding diaryl/α,β-unsaturated/α-hetero) is 1. The van der Waals surface area contributed by atoms with E-state index in [1.807, 2.05) is 6.92 Å². The molecule has 1 aromatic carbocycles. The molecule has 4 nitrogen and oxygen atoms in total. The molecule has 2 aliphatic rings. The molecule has 3 rings (SSSR count). The summed E-state index contributed by atoms with van der Waals surface area (Å²) in [5.74, 6) is -1.02. The van der Waals surface area contributed by atoms with Crippen molar-refractivity contribution in [3.8, 4) is 0 Å². The molecule has 0 amide bonds. The highest BCUT2D eigenvalue weighted by atomic mass is 35.5. The van der Waals surface area contributed by atoms with Gasteiger partial charge < -0.3 is 9.84 Å². The standard InChI is InChI=1S/C23H26Cl2O4/c1-11-5-6-14(12(2)23(28)29-4)9-18-13(3)21(26)20(19(11)18)22(27)15-7-16(24)10-17(25)8-15/h7-8,10-11,14,19-20,22,27H,2,5-6,9H2,1,3-4H3/t11-,14+,19-,20+,22-/m0/s1. The Kier molecular flexibility index (Phi) is 6.57. The van der Waals surface area contributed by atoms with Crippen LogP contribution >= 0.6 is 23.2 Å². The van der Waals surface area contributed by atoms with Gasteiger partial charge >= 0.3 is 5.97 Å². The number of hydrogen-bond donors (Lipinski definition) is 1. The van der Waals surface area contributed by atoms with Gasteiger partial charge in [0.05, 0.1) is 19.1 Å². The fourth-order valence-corrected chi connectivity index (χ4v) is 5.47. The second kappa shape index (κ2) is 8.63. The molecule has 1 N–H and O–H groups in total. The van der Waals surface area contributed by atoms with Gasteiger partial charge in [-0.05, 0) is 73.3 Å². The number of hydrogen-bond acceptors (Lipinski definition) is 4. The molecule has 6 heteroatoms. The number of rotatable bonds is 4. The zero-order chi connectivity index (χ0) is 21.5. The molecule has 0 bridgehead atoms. The van der Waals surface area contributed by atoms with Gasteiger partial charge in [-0.15, -0.1) is 0 Å². The van der Waals surface area contributed by atoms with E-state index < -0.39 is 18.0 Å². The van der Waals surface area contributed by atoms with Crippen LogP contribution in [0.25, 0.3) is 0 Å². The molecule has 0 spiro atoms. The molecule has 0 aliphatic heterocycles. The van der Waals surface area contributed by atoms with Crippen molar-refractivity contribution in [2.24, 2.45) is 23.7 Å². The van der Waals surface area contributed by atoms with Crippen molar-refractivity contribution in [2.75, 3.05) is 7.11 Å². The Morgan fingerprint density at radius 3 is 2.45 bits per heavy atom. The molecule has 2 aliphatic carbocycles. The van der Waals surface area contributed by atoms with E-state index in [1.54, 1.807) is 18.2 Å². The Bertz CT molecular complexity index is 869. The lowest BCUT2D eigenvalue weighted by molar-refractivity contribution is -0.136. The summed E-state index contributed by atoms with van der Waals surface area (Å²) in [4.78, 5) is 25.2. The molecule has 1 fully saturated rings. The third-order valence-corrected chi connectivity index (χ3v) is 6.94. The zero-order valence-electron chi connectivity index (χ0n) is 16.9. The van der Waals surface area contributed by atoms with E-state index in [0.717, 1.165) is 18.4 Å². The Morgan fingerprint density at radius 2 is 1.86 bits per heavy atom. The van der Waals surface area contributed by atoms with Crippen molar-refractivity contribution in [1.29, 1.82) is 0 Å². The molecular formula is C23H26Cl2O4.